The molecule has 1 aliphatic carbocycles. The highest BCUT2D eigenvalue weighted by atomic mass is 32.2. The Balaban J connectivity index is 1.80. The van der Waals surface area contributed by atoms with Crippen LogP contribution < -0.4 is 4.72 Å². The quantitative estimate of drug-likeness (QED) is 0.936. The maximum atomic E-state index is 12.5. The third kappa shape index (κ3) is 2.73. The summed E-state index contributed by atoms with van der Waals surface area (Å²) in [5, 5.41) is 4.01. The number of nitrogens with zero attached hydrogens (tertiary/aromatic N) is 2. The third-order valence-electron chi connectivity index (χ3n) is 4.15. The van der Waals surface area contributed by atoms with Gasteiger partial charge in [-0.25, -0.2) is 13.1 Å². The van der Waals surface area contributed by atoms with Crippen molar-refractivity contribution in [3.05, 3.63) is 47.3 Å². The molecule has 6 heteroatoms. The van der Waals surface area contributed by atoms with Crippen molar-refractivity contribution >= 4 is 10.0 Å². The van der Waals surface area contributed by atoms with Crippen molar-refractivity contribution < 1.29 is 8.42 Å². The Labute approximate surface area is 125 Å². The topological polar surface area (TPSA) is 64.0 Å². The monoisotopic (exact) mass is 305 g/mol. The Morgan fingerprint density at radius 2 is 2.00 bits per heavy atom. The Bertz CT molecular complexity index is 765. The van der Waals surface area contributed by atoms with Gasteiger partial charge in [-0.15, -0.1) is 0 Å². The molecule has 0 saturated heterocycles. The highest BCUT2D eigenvalue weighted by molar-refractivity contribution is 7.89. The first-order valence-electron chi connectivity index (χ1n) is 7.05. The third-order valence-corrected chi connectivity index (χ3v) is 5.77. The molecule has 1 atom stereocenters. The van der Waals surface area contributed by atoms with Gasteiger partial charge in [-0.3, -0.25) is 4.68 Å². The predicted molar refractivity (Wildman–Crippen MR) is 80.5 cm³/mol. The highest BCUT2D eigenvalue weighted by Crippen LogP contribution is 2.23. The van der Waals surface area contributed by atoms with Crippen LogP contribution in [0.5, 0.6) is 0 Å². The summed E-state index contributed by atoms with van der Waals surface area (Å²) in [5.74, 6) is 0. The molecular weight excluding hydrogens is 286 g/mol. The SMILES string of the molecule is Cc1c(S(=O)(=O)NC2CCc3ccccc3C2)cnn1C. The van der Waals surface area contributed by atoms with E-state index in [0.717, 1.165) is 19.3 Å². The fourth-order valence-corrected chi connectivity index (χ4v) is 4.30. The van der Waals surface area contributed by atoms with E-state index in [0.29, 0.717) is 5.69 Å². The van der Waals surface area contributed by atoms with Crippen LogP contribution in [0.3, 0.4) is 0 Å². The molecule has 0 radical (unpaired) electrons. The first-order valence-corrected chi connectivity index (χ1v) is 8.53. The van der Waals surface area contributed by atoms with Gasteiger partial charge >= 0.3 is 0 Å². The van der Waals surface area contributed by atoms with Gasteiger partial charge in [-0.2, -0.15) is 5.10 Å². The molecule has 1 aromatic heterocycles. The standard InChI is InChI=1S/C15H19N3O2S/c1-11-15(10-16-18(11)2)21(19,20)17-14-8-7-12-5-3-4-6-13(12)9-14/h3-6,10,14,17H,7-9H2,1-2H3. The van der Waals surface area contributed by atoms with Gasteiger partial charge < -0.3 is 0 Å². The molecule has 3 rings (SSSR count). The molecule has 112 valence electrons. The summed E-state index contributed by atoms with van der Waals surface area (Å²) in [6.45, 7) is 1.76. The normalized spacial score (nSPS) is 18.5. The van der Waals surface area contributed by atoms with Gasteiger partial charge in [-0.1, -0.05) is 24.3 Å². The van der Waals surface area contributed by atoms with Crippen LogP contribution >= 0.6 is 0 Å². The summed E-state index contributed by atoms with van der Waals surface area (Å²) in [4.78, 5) is 0.267. The van der Waals surface area contributed by atoms with Gasteiger partial charge in [0.1, 0.15) is 4.90 Å². The maximum absolute atomic E-state index is 12.5. The fraction of sp³-hybridized carbons (Fsp3) is 0.400. The summed E-state index contributed by atoms with van der Waals surface area (Å²) in [6.07, 6.45) is 3.90. The lowest BCUT2D eigenvalue weighted by Crippen LogP contribution is -2.38. The van der Waals surface area contributed by atoms with Crippen molar-refractivity contribution in [3.63, 3.8) is 0 Å². The molecular formula is C15H19N3O2S. The molecule has 5 nitrogen and oxygen atoms in total. The molecule has 21 heavy (non-hydrogen) atoms. The Kier molecular flexibility index (Phi) is 3.59. The van der Waals surface area contributed by atoms with Crippen LogP contribution in [0.25, 0.3) is 0 Å². The number of fused-ring (bicyclic) bond motifs is 1. The lowest BCUT2D eigenvalue weighted by molar-refractivity contribution is 0.507. The van der Waals surface area contributed by atoms with Crippen LogP contribution in [0.1, 0.15) is 23.2 Å². The fourth-order valence-electron chi connectivity index (χ4n) is 2.82. The lowest BCUT2D eigenvalue weighted by Gasteiger charge is -2.25. The summed E-state index contributed by atoms with van der Waals surface area (Å²) in [7, 11) is -1.76. The number of rotatable bonds is 3. The molecule has 1 N–H and O–H groups in total. The summed E-state index contributed by atoms with van der Waals surface area (Å²) in [5.41, 5.74) is 3.21. The molecule has 0 fully saturated rings. The van der Waals surface area contributed by atoms with E-state index in [4.69, 9.17) is 0 Å². The second kappa shape index (κ2) is 5.27. The molecule has 0 bridgehead atoms. The van der Waals surface area contributed by atoms with E-state index in [1.54, 1.807) is 18.7 Å². The molecule has 2 aromatic rings. The van der Waals surface area contributed by atoms with Gasteiger partial charge in [0.2, 0.25) is 10.0 Å². The number of hydrogen-bond acceptors (Lipinski definition) is 3. The minimum atomic E-state index is -3.51. The molecule has 1 heterocycles. The zero-order valence-electron chi connectivity index (χ0n) is 12.2. The summed E-state index contributed by atoms with van der Waals surface area (Å²) in [6, 6.07) is 8.17. The Morgan fingerprint density at radius 1 is 1.29 bits per heavy atom. The average Bonchev–Trinajstić information content (AvgIpc) is 2.79. The van der Waals surface area contributed by atoms with Gasteiger partial charge in [0.25, 0.3) is 0 Å². The first kappa shape index (κ1) is 14.3. The van der Waals surface area contributed by atoms with E-state index in [2.05, 4.69) is 22.0 Å². The van der Waals surface area contributed by atoms with E-state index in [1.165, 1.54) is 17.3 Å². The van der Waals surface area contributed by atoms with Gasteiger partial charge in [0.15, 0.2) is 0 Å². The minimum absolute atomic E-state index is 0.0514. The minimum Gasteiger partial charge on any atom is -0.272 e. The van der Waals surface area contributed by atoms with Crippen molar-refractivity contribution in [2.75, 3.05) is 0 Å². The second-order valence-electron chi connectivity index (χ2n) is 5.55. The van der Waals surface area contributed by atoms with Crippen molar-refractivity contribution in [1.82, 2.24) is 14.5 Å². The van der Waals surface area contributed by atoms with E-state index in [1.807, 2.05) is 12.1 Å². The van der Waals surface area contributed by atoms with E-state index in [-0.39, 0.29) is 10.9 Å². The predicted octanol–water partition coefficient (Wildman–Crippen LogP) is 1.56. The summed E-state index contributed by atoms with van der Waals surface area (Å²) >= 11 is 0. The van der Waals surface area contributed by atoms with Crippen LogP contribution in [-0.4, -0.2) is 24.2 Å². The molecule has 0 aliphatic heterocycles. The first-order chi connectivity index (χ1) is 9.97. The van der Waals surface area contributed by atoms with Gasteiger partial charge in [-0.05, 0) is 37.3 Å². The van der Waals surface area contributed by atoms with Crippen molar-refractivity contribution in [1.29, 1.82) is 0 Å². The van der Waals surface area contributed by atoms with E-state index in [9.17, 15) is 8.42 Å². The zero-order chi connectivity index (χ0) is 15.0. The Morgan fingerprint density at radius 3 is 2.67 bits per heavy atom. The Hall–Kier alpha value is -1.66. The number of aromatic nitrogens is 2. The lowest BCUT2D eigenvalue weighted by atomic mass is 9.89. The van der Waals surface area contributed by atoms with E-state index >= 15 is 0 Å². The van der Waals surface area contributed by atoms with Crippen LogP contribution in [-0.2, 0) is 29.9 Å². The number of hydrogen-bond donors (Lipinski definition) is 1. The summed E-state index contributed by atoms with van der Waals surface area (Å²) < 4.78 is 29.4. The zero-order valence-corrected chi connectivity index (χ0v) is 13.0. The van der Waals surface area contributed by atoms with Crippen LogP contribution in [0.15, 0.2) is 35.4 Å². The maximum Gasteiger partial charge on any atom is 0.244 e. The number of nitrogens with one attached hydrogen (secondary N) is 1. The van der Waals surface area contributed by atoms with Crippen LogP contribution in [0.2, 0.25) is 0 Å². The molecule has 1 unspecified atom stereocenters. The van der Waals surface area contributed by atoms with Gasteiger partial charge in [0.05, 0.1) is 11.9 Å². The smallest absolute Gasteiger partial charge is 0.244 e. The molecule has 1 aromatic carbocycles. The number of aryl methyl sites for hydroxylation is 2. The van der Waals surface area contributed by atoms with Crippen molar-refractivity contribution in [2.24, 2.45) is 7.05 Å². The molecule has 0 amide bonds. The highest BCUT2D eigenvalue weighted by Gasteiger charge is 2.26. The van der Waals surface area contributed by atoms with Gasteiger partial charge in [0, 0.05) is 13.1 Å². The second-order valence-corrected chi connectivity index (χ2v) is 7.23. The van der Waals surface area contributed by atoms with E-state index < -0.39 is 10.0 Å². The van der Waals surface area contributed by atoms with Crippen molar-refractivity contribution in [3.8, 4) is 0 Å². The molecule has 0 saturated carbocycles. The molecule has 0 spiro atoms. The largest absolute Gasteiger partial charge is 0.272 e. The number of benzene rings is 1. The van der Waals surface area contributed by atoms with Crippen LogP contribution in [0.4, 0.5) is 0 Å². The average molecular weight is 305 g/mol. The van der Waals surface area contributed by atoms with Crippen LogP contribution in [0, 0.1) is 6.92 Å². The van der Waals surface area contributed by atoms with Crippen molar-refractivity contribution in [2.45, 2.75) is 37.1 Å². The number of sulfonamides is 1. The molecule has 1 aliphatic rings.